The van der Waals surface area contributed by atoms with Crippen molar-refractivity contribution in [3.05, 3.63) is 95.4 Å². The van der Waals surface area contributed by atoms with E-state index in [4.69, 9.17) is 0 Å². The Morgan fingerprint density at radius 1 is 1.18 bits per heavy atom. The Kier molecular flexibility index (Phi) is 7.33. The van der Waals surface area contributed by atoms with Crippen LogP contribution in [-0.2, 0) is 27.5 Å². The zero-order valence-corrected chi connectivity index (χ0v) is 21.6. The van der Waals surface area contributed by atoms with Crippen LogP contribution in [0.25, 0.3) is 16.8 Å². The van der Waals surface area contributed by atoms with Crippen LogP contribution in [0.15, 0.2) is 73.2 Å². The number of benzene rings is 2. The highest BCUT2D eigenvalue weighted by molar-refractivity contribution is 6.00. The number of pyridine rings is 1. The number of fused-ring (bicyclic) bond motifs is 1. The number of nitrogens with zero attached hydrogens (tertiary/aromatic N) is 3. The molecule has 194 valence electrons. The minimum Gasteiger partial charge on any atom is -0.329 e. The van der Waals surface area contributed by atoms with Gasteiger partial charge in [0, 0.05) is 49.7 Å². The summed E-state index contributed by atoms with van der Waals surface area (Å²) in [5, 5.41) is 5.95. The van der Waals surface area contributed by atoms with Gasteiger partial charge in [-0.1, -0.05) is 42.5 Å². The highest BCUT2D eigenvalue weighted by Crippen LogP contribution is 2.28. The standard InChI is InChI=1S/C30H31N5O3/c1-20-8-9-24(15-25(20)18-35(19-36)27-10-11-28(37)33-30(27)38)26-14-22(17-34-13-12-31-29(26)34)16-32-21(2)23-6-4-3-5-7-23/h3-9,12-15,17,19,21,27,32H,10-11,16,18H2,1-2H3,(H,33,37,38). The average Bonchev–Trinajstić information content (AvgIpc) is 3.40. The van der Waals surface area contributed by atoms with E-state index in [2.05, 4.69) is 59.1 Å². The summed E-state index contributed by atoms with van der Waals surface area (Å²) in [7, 11) is 0. The molecule has 5 rings (SSSR count). The van der Waals surface area contributed by atoms with Gasteiger partial charge in [-0.15, -0.1) is 0 Å². The smallest absolute Gasteiger partial charge is 0.249 e. The van der Waals surface area contributed by atoms with Crippen LogP contribution in [0.5, 0.6) is 0 Å². The number of nitrogens with one attached hydrogen (secondary N) is 2. The number of carbonyl (C=O) groups excluding carboxylic acids is 3. The van der Waals surface area contributed by atoms with Gasteiger partial charge < -0.3 is 14.6 Å². The van der Waals surface area contributed by atoms with E-state index in [1.54, 1.807) is 6.20 Å². The predicted octanol–water partition coefficient (Wildman–Crippen LogP) is 3.92. The summed E-state index contributed by atoms with van der Waals surface area (Å²) < 4.78 is 2.03. The fourth-order valence-electron chi connectivity index (χ4n) is 4.96. The number of rotatable bonds is 9. The van der Waals surface area contributed by atoms with Crippen LogP contribution >= 0.6 is 0 Å². The van der Waals surface area contributed by atoms with Crippen LogP contribution in [-0.4, -0.2) is 38.6 Å². The van der Waals surface area contributed by atoms with E-state index in [-0.39, 0.29) is 24.9 Å². The maximum atomic E-state index is 12.4. The van der Waals surface area contributed by atoms with Gasteiger partial charge >= 0.3 is 0 Å². The third kappa shape index (κ3) is 5.35. The van der Waals surface area contributed by atoms with Gasteiger partial charge in [0.2, 0.25) is 18.2 Å². The minimum atomic E-state index is -0.659. The molecule has 2 aromatic heterocycles. The van der Waals surface area contributed by atoms with Crippen LogP contribution in [0.2, 0.25) is 0 Å². The number of amides is 3. The highest BCUT2D eigenvalue weighted by atomic mass is 16.2. The van der Waals surface area contributed by atoms with Crippen molar-refractivity contribution in [1.82, 2.24) is 24.9 Å². The summed E-state index contributed by atoms with van der Waals surface area (Å²) in [6, 6.07) is 18.2. The average molecular weight is 510 g/mol. The quantitative estimate of drug-likeness (QED) is 0.263. The topological polar surface area (TPSA) is 95.8 Å². The van der Waals surface area contributed by atoms with E-state index >= 15 is 0 Å². The molecular formula is C30H31N5O3. The number of imidazole rings is 1. The largest absolute Gasteiger partial charge is 0.329 e. The number of hydrogen-bond acceptors (Lipinski definition) is 5. The monoisotopic (exact) mass is 509 g/mol. The summed E-state index contributed by atoms with van der Waals surface area (Å²) in [6.07, 6.45) is 7.06. The van der Waals surface area contributed by atoms with Gasteiger partial charge in [-0.05, 0) is 60.2 Å². The third-order valence-corrected chi connectivity index (χ3v) is 7.22. The molecule has 0 saturated carbocycles. The third-order valence-electron chi connectivity index (χ3n) is 7.22. The van der Waals surface area contributed by atoms with Gasteiger partial charge in [0.15, 0.2) is 0 Å². The molecule has 1 saturated heterocycles. The first-order valence-corrected chi connectivity index (χ1v) is 12.8. The molecule has 0 aliphatic carbocycles. The summed E-state index contributed by atoms with van der Waals surface area (Å²) in [6.45, 7) is 5.10. The van der Waals surface area contributed by atoms with Crippen LogP contribution in [0, 0.1) is 6.92 Å². The Hall–Kier alpha value is -4.30. The molecule has 2 unspecified atom stereocenters. The van der Waals surface area contributed by atoms with E-state index in [1.165, 1.54) is 10.5 Å². The summed E-state index contributed by atoms with van der Waals surface area (Å²) in [5.41, 5.74) is 7.11. The molecule has 0 spiro atoms. The number of imide groups is 1. The van der Waals surface area contributed by atoms with Crippen LogP contribution in [0.4, 0.5) is 0 Å². The lowest BCUT2D eigenvalue weighted by Gasteiger charge is -2.30. The van der Waals surface area contributed by atoms with Crippen molar-refractivity contribution in [2.75, 3.05) is 0 Å². The molecule has 38 heavy (non-hydrogen) atoms. The summed E-state index contributed by atoms with van der Waals surface area (Å²) in [4.78, 5) is 42.0. The molecule has 1 aliphatic rings. The van der Waals surface area contributed by atoms with Gasteiger partial charge in [-0.3, -0.25) is 19.7 Å². The SMILES string of the molecule is Cc1ccc(-c2cc(CNC(C)c3ccccc3)cn3ccnc23)cc1CN(C=O)C1CCC(=O)NC1=O. The minimum absolute atomic E-state index is 0.200. The van der Waals surface area contributed by atoms with Gasteiger partial charge in [0.05, 0.1) is 0 Å². The van der Waals surface area contributed by atoms with E-state index in [0.29, 0.717) is 19.4 Å². The van der Waals surface area contributed by atoms with Crippen molar-refractivity contribution < 1.29 is 14.4 Å². The number of hydrogen-bond donors (Lipinski definition) is 2. The highest BCUT2D eigenvalue weighted by Gasteiger charge is 2.31. The Labute approximate surface area is 221 Å². The van der Waals surface area contributed by atoms with Gasteiger partial charge in [-0.25, -0.2) is 4.98 Å². The van der Waals surface area contributed by atoms with Gasteiger partial charge in [0.1, 0.15) is 11.7 Å². The van der Waals surface area contributed by atoms with Crippen molar-refractivity contribution >= 4 is 23.9 Å². The van der Waals surface area contributed by atoms with Gasteiger partial charge in [0.25, 0.3) is 0 Å². The Morgan fingerprint density at radius 2 is 2.00 bits per heavy atom. The van der Waals surface area contributed by atoms with Crippen LogP contribution in [0.3, 0.4) is 0 Å². The fraction of sp³-hybridized carbons (Fsp3) is 0.267. The molecule has 2 N–H and O–H groups in total. The molecule has 2 atom stereocenters. The number of carbonyl (C=O) groups is 3. The molecule has 1 aliphatic heterocycles. The second kappa shape index (κ2) is 11.0. The molecule has 8 nitrogen and oxygen atoms in total. The molecule has 0 radical (unpaired) electrons. The predicted molar refractivity (Wildman–Crippen MR) is 145 cm³/mol. The maximum absolute atomic E-state index is 12.4. The molecule has 2 aromatic carbocycles. The van der Waals surface area contributed by atoms with Crippen molar-refractivity contribution in [2.24, 2.45) is 0 Å². The lowest BCUT2D eigenvalue weighted by molar-refractivity contribution is -0.141. The lowest BCUT2D eigenvalue weighted by atomic mass is 9.98. The first kappa shape index (κ1) is 25.4. The van der Waals surface area contributed by atoms with Crippen molar-refractivity contribution in [3.63, 3.8) is 0 Å². The van der Waals surface area contributed by atoms with E-state index < -0.39 is 11.9 Å². The fourth-order valence-corrected chi connectivity index (χ4v) is 4.96. The first-order valence-electron chi connectivity index (χ1n) is 12.8. The van der Waals surface area contributed by atoms with E-state index in [1.807, 2.05) is 41.8 Å². The van der Waals surface area contributed by atoms with Crippen molar-refractivity contribution in [3.8, 4) is 11.1 Å². The van der Waals surface area contributed by atoms with E-state index in [9.17, 15) is 14.4 Å². The van der Waals surface area contributed by atoms with Crippen molar-refractivity contribution in [2.45, 2.75) is 51.9 Å². The Bertz CT molecular complexity index is 1480. The molecule has 4 aromatic rings. The molecular weight excluding hydrogens is 478 g/mol. The summed E-state index contributed by atoms with van der Waals surface area (Å²) in [5.74, 6) is -0.724. The van der Waals surface area contributed by atoms with Gasteiger partial charge in [-0.2, -0.15) is 0 Å². The zero-order valence-electron chi connectivity index (χ0n) is 21.6. The molecule has 8 heteroatoms. The van der Waals surface area contributed by atoms with E-state index in [0.717, 1.165) is 33.5 Å². The number of piperidine rings is 1. The number of aryl methyl sites for hydroxylation is 1. The normalized spacial score (nSPS) is 16.3. The second-order valence-electron chi connectivity index (χ2n) is 9.82. The second-order valence-corrected chi connectivity index (χ2v) is 9.82. The zero-order chi connectivity index (χ0) is 26.6. The molecule has 1 fully saturated rings. The summed E-state index contributed by atoms with van der Waals surface area (Å²) >= 11 is 0. The molecule has 0 bridgehead atoms. The van der Waals surface area contributed by atoms with Crippen LogP contribution in [0.1, 0.15) is 48.1 Å². The maximum Gasteiger partial charge on any atom is 0.249 e. The molecule has 3 amide bonds. The number of aromatic nitrogens is 2. The van der Waals surface area contributed by atoms with Crippen LogP contribution < -0.4 is 10.6 Å². The Morgan fingerprint density at radius 3 is 2.76 bits per heavy atom. The Balaban J connectivity index is 1.41. The van der Waals surface area contributed by atoms with Crippen molar-refractivity contribution in [1.29, 1.82) is 0 Å². The first-order chi connectivity index (χ1) is 18.4. The lowest BCUT2D eigenvalue weighted by Crippen LogP contribution is -2.51. The molecule has 3 heterocycles.